The highest BCUT2D eigenvalue weighted by Gasteiger charge is 2.11. The van der Waals surface area contributed by atoms with Crippen LogP contribution in [0.25, 0.3) is 0 Å². The molecule has 32 heavy (non-hydrogen) atoms. The summed E-state index contributed by atoms with van der Waals surface area (Å²) in [4.78, 5) is 14.7. The van der Waals surface area contributed by atoms with Crippen molar-refractivity contribution in [3.8, 4) is 23.3 Å². The van der Waals surface area contributed by atoms with Crippen LogP contribution in [0.4, 0.5) is 0 Å². The van der Waals surface area contributed by atoms with E-state index in [1.54, 1.807) is 0 Å². The highest BCUT2D eigenvalue weighted by atomic mass is 16.4. The van der Waals surface area contributed by atoms with Crippen molar-refractivity contribution in [1.82, 2.24) is 9.55 Å². The van der Waals surface area contributed by atoms with Crippen LogP contribution in [0.5, 0.6) is 17.2 Å². The van der Waals surface area contributed by atoms with E-state index < -0.39 is 23.2 Å². The number of nitriles is 1. The molecule has 4 N–H and O–H groups in total. The molecule has 0 atom stereocenters. The van der Waals surface area contributed by atoms with Crippen molar-refractivity contribution in [2.45, 2.75) is 84.1 Å². The summed E-state index contributed by atoms with van der Waals surface area (Å²) in [5.74, 6) is -2.19. The van der Waals surface area contributed by atoms with Gasteiger partial charge in [-0.2, -0.15) is 5.26 Å². The second-order valence-corrected chi connectivity index (χ2v) is 7.69. The summed E-state index contributed by atoms with van der Waals surface area (Å²) >= 11 is 0. The van der Waals surface area contributed by atoms with E-state index in [1.807, 2.05) is 12.4 Å². The Balaban J connectivity index is 0.000000363. The van der Waals surface area contributed by atoms with Crippen molar-refractivity contribution in [2.24, 2.45) is 0 Å². The number of aromatic carboxylic acids is 1. The molecule has 0 saturated heterocycles. The number of phenols is 3. The number of rotatable bonds is 13. The van der Waals surface area contributed by atoms with E-state index in [9.17, 15) is 4.79 Å². The van der Waals surface area contributed by atoms with Crippen LogP contribution in [0.3, 0.4) is 0 Å². The Kier molecular flexibility index (Phi) is 13.1. The smallest absolute Gasteiger partial charge is 0.335 e. The summed E-state index contributed by atoms with van der Waals surface area (Å²) < 4.78 is 2.12. The van der Waals surface area contributed by atoms with Gasteiger partial charge in [0.25, 0.3) is 0 Å². The number of carboxylic acids is 1. The van der Waals surface area contributed by atoms with Crippen molar-refractivity contribution < 1.29 is 25.2 Å². The van der Waals surface area contributed by atoms with Gasteiger partial charge in [0, 0.05) is 25.4 Å². The molecule has 0 radical (unpaired) electrons. The van der Waals surface area contributed by atoms with Gasteiger partial charge in [-0.3, -0.25) is 0 Å². The van der Waals surface area contributed by atoms with Crippen LogP contribution in [0.15, 0.2) is 24.5 Å². The number of carbonyl (C=O) groups is 1. The molecule has 1 aromatic carbocycles. The SMILES string of the molecule is CCCCCCCCCCCc1nccn1CCC#N.O=C(O)c1cc(O)c(O)c(O)c1. The number of hydrogen-bond acceptors (Lipinski definition) is 6. The molecule has 0 spiro atoms. The quantitative estimate of drug-likeness (QED) is 0.240. The lowest BCUT2D eigenvalue weighted by molar-refractivity contribution is 0.0696. The first kappa shape index (κ1) is 26.8. The largest absolute Gasteiger partial charge is 0.504 e. The molecular formula is C24H35N3O5. The van der Waals surface area contributed by atoms with Gasteiger partial charge in [-0.05, 0) is 18.6 Å². The second-order valence-electron chi connectivity index (χ2n) is 7.69. The minimum absolute atomic E-state index is 0.289. The topological polar surface area (TPSA) is 140 Å². The lowest BCUT2D eigenvalue weighted by atomic mass is 10.1. The normalized spacial score (nSPS) is 10.2. The maximum Gasteiger partial charge on any atom is 0.335 e. The maximum atomic E-state index is 10.3. The molecule has 0 bridgehead atoms. The summed E-state index contributed by atoms with van der Waals surface area (Å²) in [6.45, 7) is 3.05. The number of carboxylic acid groups (broad SMARTS) is 1. The molecule has 1 heterocycles. The summed E-state index contributed by atoms with van der Waals surface area (Å²) in [5, 5.41) is 43.6. The summed E-state index contributed by atoms with van der Waals surface area (Å²) in [5.41, 5.74) is -0.289. The molecule has 0 aliphatic rings. The number of aromatic hydroxyl groups is 3. The minimum Gasteiger partial charge on any atom is -0.504 e. The van der Waals surface area contributed by atoms with Gasteiger partial charge in [0.2, 0.25) is 0 Å². The summed E-state index contributed by atoms with van der Waals surface area (Å²) in [7, 11) is 0. The first-order valence-corrected chi connectivity index (χ1v) is 11.3. The van der Waals surface area contributed by atoms with Crippen molar-refractivity contribution in [3.05, 3.63) is 35.9 Å². The molecule has 8 heteroatoms. The number of nitrogens with zero attached hydrogens (tertiary/aromatic N) is 3. The van der Waals surface area contributed by atoms with Gasteiger partial charge in [-0.25, -0.2) is 9.78 Å². The molecule has 0 aliphatic carbocycles. The van der Waals surface area contributed by atoms with Crippen molar-refractivity contribution in [2.75, 3.05) is 0 Å². The van der Waals surface area contributed by atoms with Gasteiger partial charge in [0.05, 0.1) is 18.1 Å². The number of benzene rings is 1. The Hall–Kier alpha value is -3.21. The summed E-state index contributed by atoms with van der Waals surface area (Å²) in [6, 6.07) is 3.88. The van der Waals surface area contributed by atoms with E-state index in [0.717, 1.165) is 30.9 Å². The van der Waals surface area contributed by atoms with E-state index in [0.29, 0.717) is 6.42 Å². The predicted molar refractivity (Wildman–Crippen MR) is 122 cm³/mol. The monoisotopic (exact) mass is 445 g/mol. The first-order chi connectivity index (χ1) is 15.4. The van der Waals surface area contributed by atoms with Gasteiger partial charge in [0.15, 0.2) is 17.2 Å². The first-order valence-electron chi connectivity index (χ1n) is 11.3. The van der Waals surface area contributed by atoms with Crippen LogP contribution >= 0.6 is 0 Å². The molecule has 176 valence electrons. The van der Waals surface area contributed by atoms with Gasteiger partial charge < -0.3 is 25.0 Å². The second kappa shape index (κ2) is 15.6. The number of imidazole rings is 1. The molecule has 0 saturated carbocycles. The van der Waals surface area contributed by atoms with Gasteiger partial charge in [-0.1, -0.05) is 58.3 Å². The third-order valence-electron chi connectivity index (χ3n) is 5.09. The molecule has 0 unspecified atom stereocenters. The van der Waals surface area contributed by atoms with E-state index in [-0.39, 0.29) is 5.56 Å². The van der Waals surface area contributed by atoms with E-state index in [1.165, 1.54) is 57.8 Å². The number of unbranched alkanes of at least 4 members (excludes halogenated alkanes) is 8. The van der Waals surface area contributed by atoms with Gasteiger partial charge in [0.1, 0.15) is 5.82 Å². The Morgan fingerprint density at radius 3 is 2.09 bits per heavy atom. The highest BCUT2D eigenvalue weighted by molar-refractivity contribution is 5.89. The molecule has 1 aromatic heterocycles. The van der Waals surface area contributed by atoms with Crippen LogP contribution in [-0.2, 0) is 13.0 Å². The third kappa shape index (κ3) is 10.2. The van der Waals surface area contributed by atoms with Crippen LogP contribution in [0.1, 0.15) is 87.3 Å². The number of phenolic OH excluding ortho intramolecular Hbond substituents is 3. The van der Waals surface area contributed by atoms with Gasteiger partial charge in [-0.15, -0.1) is 0 Å². The molecule has 0 amide bonds. The fourth-order valence-corrected chi connectivity index (χ4v) is 3.26. The van der Waals surface area contributed by atoms with E-state index in [2.05, 4.69) is 22.5 Å². The Labute approximate surface area is 189 Å². The molecule has 0 fully saturated rings. The van der Waals surface area contributed by atoms with E-state index in [4.69, 9.17) is 25.7 Å². The Morgan fingerprint density at radius 1 is 1.00 bits per heavy atom. The zero-order valence-electron chi connectivity index (χ0n) is 18.8. The average Bonchev–Trinajstić information content (AvgIpc) is 3.22. The van der Waals surface area contributed by atoms with Crippen LogP contribution in [-0.4, -0.2) is 35.9 Å². The minimum atomic E-state index is -1.29. The molecular weight excluding hydrogens is 410 g/mol. The fourth-order valence-electron chi connectivity index (χ4n) is 3.26. The van der Waals surface area contributed by atoms with Crippen molar-refractivity contribution >= 4 is 5.97 Å². The maximum absolute atomic E-state index is 10.3. The summed E-state index contributed by atoms with van der Waals surface area (Å²) in [6.07, 6.45) is 17.7. The Morgan fingerprint density at radius 2 is 1.56 bits per heavy atom. The van der Waals surface area contributed by atoms with E-state index >= 15 is 0 Å². The highest BCUT2D eigenvalue weighted by Crippen LogP contribution is 2.35. The van der Waals surface area contributed by atoms with Crippen LogP contribution < -0.4 is 0 Å². The van der Waals surface area contributed by atoms with Crippen LogP contribution in [0.2, 0.25) is 0 Å². The zero-order valence-corrected chi connectivity index (χ0v) is 18.8. The zero-order chi connectivity index (χ0) is 23.8. The fraction of sp³-hybridized carbons (Fsp3) is 0.542. The predicted octanol–water partition coefficient (Wildman–Crippen LogP) is 5.37. The number of aromatic nitrogens is 2. The number of hydrogen-bond donors (Lipinski definition) is 4. The lowest BCUT2D eigenvalue weighted by Gasteiger charge is -2.05. The lowest BCUT2D eigenvalue weighted by Crippen LogP contribution is -2.02. The third-order valence-corrected chi connectivity index (χ3v) is 5.09. The number of aryl methyl sites for hydroxylation is 2. The molecule has 2 rings (SSSR count). The van der Waals surface area contributed by atoms with Crippen molar-refractivity contribution in [3.63, 3.8) is 0 Å². The molecule has 2 aromatic rings. The molecule has 0 aliphatic heterocycles. The van der Waals surface area contributed by atoms with Gasteiger partial charge >= 0.3 is 5.97 Å². The Bertz CT molecular complexity index is 835. The molecule has 8 nitrogen and oxygen atoms in total. The standard InChI is InChI=1S/C17H29N3.C7H6O5/c1-2-3-4-5-6-7-8-9-10-12-17-19-14-16-20(17)15-11-13-18;8-4-1-3(7(11)12)2-5(9)6(4)10/h14,16H,2-12,15H2,1H3;1-2,8-10H,(H,11,12). The van der Waals surface area contributed by atoms with Crippen LogP contribution in [0, 0.1) is 11.3 Å². The average molecular weight is 446 g/mol. The van der Waals surface area contributed by atoms with Crippen molar-refractivity contribution in [1.29, 1.82) is 5.26 Å².